The molecule has 0 aliphatic carbocycles. The van der Waals surface area contributed by atoms with E-state index < -0.39 is 0 Å². The number of hydrogen-bond donors (Lipinski definition) is 1. The monoisotopic (exact) mass is 374 g/mol. The fourth-order valence-corrected chi connectivity index (χ4v) is 3.08. The summed E-state index contributed by atoms with van der Waals surface area (Å²) < 4.78 is 1.78. The third kappa shape index (κ3) is 3.13. The minimum Gasteiger partial charge on any atom is -0.338 e. The van der Waals surface area contributed by atoms with E-state index in [-0.39, 0.29) is 5.91 Å². The van der Waals surface area contributed by atoms with Crippen molar-refractivity contribution in [3.8, 4) is 0 Å². The van der Waals surface area contributed by atoms with Crippen molar-refractivity contribution in [2.45, 2.75) is 6.42 Å². The van der Waals surface area contributed by atoms with E-state index in [0.29, 0.717) is 5.92 Å². The van der Waals surface area contributed by atoms with Gasteiger partial charge in [0.25, 0.3) is 5.91 Å². The van der Waals surface area contributed by atoms with Crippen molar-refractivity contribution in [1.29, 1.82) is 0 Å². The number of nitrogens with one attached hydrogen (secondary N) is 1. The Morgan fingerprint density at radius 3 is 3.00 bits per heavy atom. The molecule has 1 atom stereocenters. The van der Waals surface area contributed by atoms with Gasteiger partial charge in [0.2, 0.25) is 0 Å². The second-order valence-corrected chi connectivity index (χ2v) is 6.36. The smallest absolute Gasteiger partial charge is 0.255 e. The van der Waals surface area contributed by atoms with Crippen LogP contribution in [0.1, 0.15) is 16.8 Å². The molecule has 2 rings (SSSR count). The average Bonchev–Trinajstić information content (AvgIpc) is 2.80. The molecule has 0 bridgehead atoms. The number of carbonyl (C=O) groups is 1. The maximum Gasteiger partial charge on any atom is 0.255 e. The highest BCUT2D eigenvalue weighted by atomic mass is 79.9. The SMILES string of the molecule is CNCC1CCN(C(=O)c2cc(Br)ccc2Br)C1. The van der Waals surface area contributed by atoms with Gasteiger partial charge >= 0.3 is 0 Å². The van der Waals surface area contributed by atoms with Gasteiger partial charge in [-0.15, -0.1) is 0 Å². The number of halogens is 2. The first-order valence-corrected chi connectivity index (χ1v) is 7.59. The molecule has 18 heavy (non-hydrogen) atoms. The highest BCUT2D eigenvalue weighted by molar-refractivity contribution is 9.11. The zero-order valence-electron chi connectivity index (χ0n) is 10.2. The standard InChI is InChI=1S/C13H16Br2N2O/c1-16-7-9-4-5-17(8-9)13(18)11-6-10(14)2-3-12(11)15/h2-3,6,9,16H,4-5,7-8H2,1H3. The van der Waals surface area contributed by atoms with E-state index in [0.717, 1.165) is 40.6 Å². The summed E-state index contributed by atoms with van der Waals surface area (Å²) in [6.07, 6.45) is 1.08. The zero-order valence-corrected chi connectivity index (χ0v) is 13.4. The Morgan fingerprint density at radius 1 is 1.50 bits per heavy atom. The summed E-state index contributed by atoms with van der Waals surface area (Å²) in [5.41, 5.74) is 0.731. The van der Waals surface area contributed by atoms with Crippen LogP contribution in [0.5, 0.6) is 0 Å². The van der Waals surface area contributed by atoms with Crippen LogP contribution in [0.3, 0.4) is 0 Å². The van der Waals surface area contributed by atoms with Gasteiger partial charge < -0.3 is 10.2 Å². The van der Waals surface area contributed by atoms with Crippen LogP contribution in [0, 0.1) is 5.92 Å². The minimum atomic E-state index is 0.113. The molecule has 1 amide bonds. The van der Waals surface area contributed by atoms with E-state index in [1.807, 2.05) is 30.1 Å². The molecule has 1 N–H and O–H groups in total. The summed E-state index contributed by atoms with van der Waals surface area (Å²) in [7, 11) is 1.95. The lowest BCUT2D eigenvalue weighted by Gasteiger charge is -2.17. The molecule has 1 aliphatic heterocycles. The Hall–Kier alpha value is -0.390. The van der Waals surface area contributed by atoms with Crippen LogP contribution >= 0.6 is 31.9 Å². The number of amides is 1. The van der Waals surface area contributed by atoms with Crippen LogP contribution in [0.2, 0.25) is 0 Å². The van der Waals surface area contributed by atoms with Gasteiger partial charge in [-0.3, -0.25) is 4.79 Å². The molecule has 1 saturated heterocycles. The first-order valence-electron chi connectivity index (χ1n) is 6.00. The van der Waals surface area contributed by atoms with Gasteiger partial charge in [-0.2, -0.15) is 0 Å². The molecule has 0 saturated carbocycles. The first-order chi connectivity index (χ1) is 8.61. The van der Waals surface area contributed by atoms with Crippen LogP contribution in [0.25, 0.3) is 0 Å². The van der Waals surface area contributed by atoms with E-state index in [1.54, 1.807) is 0 Å². The largest absolute Gasteiger partial charge is 0.338 e. The van der Waals surface area contributed by atoms with Crippen molar-refractivity contribution >= 4 is 37.8 Å². The molecule has 5 heteroatoms. The molecule has 1 unspecified atom stereocenters. The van der Waals surface area contributed by atoms with Gasteiger partial charge in [-0.05, 0) is 60.1 Å². The maximum atomic E-state index is 12.4. The van der Waals surface area contributed by atoms with Crippen molar-refractivity contribution < 1.29 is 4.79 Å². The Balaban J connectivity index is 2.10. The molecule has 0 aromatic heterocycles. The number of likely N-dealkylation sites (tertiary alicyclic amines) is 1. The van der Waals surface area contributed by atoms with E-state index in [9.17, 15) is 4.79 Å². The predicted molar refractivity (Wildman–Crippen MR) is 79.8 cm³/mol. The predicted octanol–water partition coefficient (Wildman–Crippen LogP) is 2.89. The summed E-state index contributed by atoms with van der Waals surface area (Å²) >= 11 is 6.85. The molecule has 1 heterocycles. The van der Waals surface area contributed by atoms with Crippen molar-refractivity contribution in [1.82, 2.24) is 10.2 Å². The highest BCUT2D eigenvalue weighted by Gasteiger charge is 2.27. The number of rotatable bonds is 3. The third-order valence-electron chi connectivity index (χ3n) is 3.22. The van der Waals surface area contributed by atoms with Gasteiger partial charge in [0.15, 0.2) is 0 Å². The summed E-state index contributed by atoms with van der Waals surface area (Å²) in [4.78, 5) is 14.4. The second kappa shape index (κ2) is 6.17. The Morgan fingerprint density at radius 2 is 2.28 bits per heavy atom. The van der Waals surface area contributed by atoms with E-state index in [4.69, 9.17) is 0 Å². The van der Waals surface area contributed by atoms with Gasteiger partial charge in [0.05, 0.1) is 5.56 Å². The number of benzene rings is 1. The highest BCUT2D eigenvalue weighted by Crippen LogP contribution is 2.25. The maximum absolute atomic E-state index is 12.4. The van der Waals surface area contributed by atoms with Crippen molar-refractivity contribution in [3.05, 3.63) is 32.7 Å². The number of hydrogen-bond acceptors (Lipinski definition) is 2. The Labute approximate surface area is 124 Å². The fraction of sp³-hybridized carbons (Fsp3) is 0.462. The average molecular weight is 376 g/mol. The summed E-state index contributed by atoms with van der Waals surface area (Å²) in [6.45, 7) is 2.67. The van der Waals surface area contributed by atoms with E-state index in [1.165, 1.54) is 0 Å². The van der Waals surface area contributed by atoms with Crippen LogP contribution in [0.4, 0.5) is 0 Å². The normalized spacial score (nSPS) is 19.3. The van der Waals surface area contributed by atoms with Gasteiger partial charge in [-0.25, -0.2) is 0 Å². The number of carbonyl (C=O) groups excluding carboxylic acids is 1. The van der Waals surface area contributed by atoms with Gasteiger partial charge in [-0.1, -0.05) is 15.9 Å². The van der Waals surface area contributed by atoms with E-state index >= 15 is 0 Å². The molecule has 1 fully saturated rings. The lowest BCUT2D eigenvalue weighted by atomic mass is 10.1. The summed E-state index contributed by atoms with van der Waals surface area (Å²) in [5, 5.41) is 3.17. The van der Waals surface area contributed by atoms with Crippen molar-refractivity contribution in [2.75, 3.05) is 26.7 Å². The zero-order chi connectivity index (χ0) is 13.1. The Kier molecular flexibility index (Phi) is 4.81. The van der Waals surface area contributed by atoms with Crippen LogP contribution in [0.15, 0.2) is 27.1 Å². The quantitative estimate of drug-likeness (QED) is 0.880. The van der Waals surface area contributed by atoms with Gasteiger partial charge in [0, 0.05) is 22.0 Å². The molecule has 3 nitrogen and oxygen atoms in total. The van der Waals surface area contributed by atoms with Crippen LogP contribution in [-0.4, -0.2) is 37.5 Å². The summed E-state index contributed by atoms with van der Waals surface area (Å²) in [6, 6.07) is 5.70. The van der Waals surface area contributed by atoms with Crippen molar-refractivity contribution in [2.24, 2.45) is 5.92 Å². The minimum absolute atomic E-state index is 0.113. The Bertz CT molecular complexity index is 451. The van der Waals surface area contributed by atoms with Gasteiger partial charge in [0.1, 0.15) is 0 Å². The molecule has 1 aromatic rings. The van der Waals surface area contributed by atoms with Crippen molar-refractivity contribution in [3.63, 3.8) is 0 Å². The lowest BCUT2D eigenvalue weighted by Crippen LogP contribution is -2.30. The molecule has 0 radical (unpaired) electrons. The molecular weight excluding hydrogens is 360 g/mol. The van der Waals surface area contributed by atoms with E-state index in [2.05, 4.69) is 37.2 Å². The van der Waals surface area contributed by atoms with Crippen LogP contribution < -0.4 is 5.32 Å². The molecule has 1 aliphatic rings. The fourth-order valence-electron chi connectivity index (χ4n) is 2.30. The summed E-state index contributed by atoms with van der Waals surface area (Å²) in [5.74, 6) is 0.687. The molecule has 0 spiro atoms. The molecular formula is C13H16Br2N2O. The topological polar surface area (TPSA) is 32.3 Å². The first kappa shape index (κ1) is 14.0. The van der Waals surface area contributed by atoms with Crippen LogP contribution in [-0.2, 0) is 0 Å². The second-order valence-electron chi connectivity index (χ2n) is 4.59. The number of nitrogens with zero attached hydrogens (tertiary/aromatic N) is 1. The molecule has 1 aromatic carbocycles. The molecule has 98 valence electrons. The lowest BCUT2D eigenvalue weighted by molar-refractivity contribution is 0.0786. The third-order valence-corrected chi connectivity index (χ3v) is 4.41.